The molecule has 119 heavy (non-hydrogen) atoms. The van der Waals surface area contributed by atoms with Crippen molar-refractivity contribution in [1.29, 1.82) is 21.6 Å². The van der Waals surface area contributed by atoms with Crippen LogP contribution in [0.3, 0.4) is 0 Å². The van der Waals surface area contributed by atoms with Crippen LogP contribution in [0.2, 0.25) is 5.02 Å². The Morgan fingerprint density at radius 1 is 0.471 bits per heavy atom. The van der Waals surface area contributed by atoms with Gasteiger partial charge in [-0.2, -0.15) is 39.5 Å². The van der Waals surface area contributed by atoms with E-state index >= 15 is 0 Å². The maximum Gasteiger partial charge on any atom is 0.490 e. The highest BCUT2D eigenvalue weighted by atomic mass is 35.5. The third-order valence-corrected chi connectivity index (χ3v) is 19.8. The molecule has 626 valence electrons. The van der Waals surface area contributed by atoms with E-state index in [9.17, 15) is 58.7 Å². The lowest BCUT2D eigenvalue weighted by Crippen LogP contribution is -2.30. The molecular formula is C78H69ClF9N11O16S4. The predicted molar refractivity (Wildman–Crippen MR) is 434 cm³/mol. The second-order valence-corrected chi connectivity index (χ2v) is 28.5. The lowest BCUT2D eigenvalue weighted by molar-refractivity contribution is -0.193. The molecule has 41 heteroatoms. The van der Waals surface area contributed by atoms with Gasteiger partial charge in [-0.05, 0) is 145 Å². The van der Waals surface area contributed by atoms with Crippen LogP contribution in [0.25, 0.3) is 40.3 Å². The molecule has 0 bridgehead atoms. The molecule has 0 saturated carbocycles. The Balaban J connectivity index is 0.000000228. The van der Waals surface area contributed by atoms with Gasteiger partial charge in [-0.15, -0.1) is 45.3 Å². The van der Waals surface area contributed by atoms with Crippen LogP contribution in [0.4, 0.5) is 51.0 Å². The van der Waals surface area contributed by atoms with E-state index in [1.54, 1.807) is 73.8 Å². The predicted octanol–water partition coefficient (Wildman–Crippen LogP) is 16.8. The van der Waals surface area contributed by atoms with Gasteiger partial charge in [-0.1, -0.05) is 104 Å². The largest absolute Gasteiger partial charge is 0.490 e. The number of pyridine rings is 1. The lowest BCUT2D eigenvalue weighted by Gasteiger charge is -2.19. The number of amidine groups is 4. The van der Waals surface area contributed by atoms with Gasteiger partial charge in [0.05, 0.1) is 26.6 Å². The molecule has 4 unspecified atom stereocenters. The fraction of sp³-hybridized carbons (Fsp3) is 0.154. The first-order valence-corrected chi connectivity index (χ1v) is 37.4. The number of nitrogens with zero attached hydrogens (tertiary/aromatic N) is 1. The van der Waals surface area contributed by atoms with E-state index in [0.717, 1.165) is 58.0 Å². The summed E-state index contributed by atoms with van der Waals surface area (Å²) in [5, 5.41) is 70.5. The Bertz CT molecular complexity index is 5510. The zero-order chi connectivity index (χ0) is 88.2. The van der Waals surface area contributed by atoms with Crippen molar-refractivity contribution in [3.63, 3.8) is 0 Å². The average Bonchev–Trinajstić information content (AvgIpc) is 1.76. The number of halogens is 10. The maximum absolute atomic E-state index is 13.0. The van der Waals surface area contributed by atoms with Crippen molar-refractivity contribution in [2.24, 2.45) is 22.9 Å². The number of carboxylic acid groups (broad SMARTS) is 4. The van der Waals surface area contributed by atoms with E-state index in [1.807, 2.05) is 146 Å². The van der Waals surface area contributed by atoms with Crippen molar-refractivity contribution in [3.8, 4) is 23.0 Å². The van der Waals surface area contributed by atoms with Gasteiger partial charge in [0.25, 0.3) is 11.8 Å². The number of carboxylic acids is 4. The molecule has 7 aromatic carbocycles. The number of esters is 1. The molecule has 27 nitrogen and oxygen atoms in total. The molecule has 0 aliphatic rings. The number of benzene rings is 7. The molecule has 0 saturated heterocycles. The minimum absolute atomic E-state index is 0.00431. The van der Waals surface area contributed by atoms with Gasteiger partial charge in [-0.25, -0.2) is 29.0 Å². The zero-order valence-electron chi connectivity index (χ0n) is 61.7. The molecule has 0 radical (unpaired) electrons. The number of nitrogen functional groups attached to an aromatic ring is 4. The summed E-state index contributed by atoms with van der Waals surface area (Å²) in [6.45, 7) is 3.62. The molecule has 12 aromatic rings. The Labute approximate surface area is 689 Å². The quantitative estimate of drug-likeness (QED) is 0.0130. The second kappa shape index (κ2) is 43.5. The number of rotatable bonds is 22. The van der Waals surface area contributed by atoms with Crippen LogP contribution >= 0.6 is 56.9 Å². The number of thiophene rings is 4. The number of anilines is 2. The SMILES string of the molecule is CC(Oc1cccc2sc(C(=N)N)cc12)C(=O)Nc1ccccc1.CCCC(Oc1ccc2cc(C(=N)N)sc2c1)C(=O)O.COC(=O)C(Oc1ccc2cc(C(=N)N)sc2c1)c1ccc(Cl)cc1.N=C(N)c1cc2c(OC(C(=O)Nc3ccccn3)c3ccccc3)cccc2s1.O=C(O)C(F)(F)F.O=C(O)C(F)(F)F.O=C(O)C(F)(F)F. The van der Waals surface area contributed by atoms with Crippen molar-refractivity contribution >= 4 is 174 Å². The summed E-state index contributed by atoms with van der Waals surface area (Å²) < 4.78 is 127. The number of ether oxygens (including phenoxy) is 5. The van der Waals surface area contributed by atoms with Crippen molar-refractivity contribution in [2.45, 2.75) is 69.6 Å². The average molecular weight is 1750 g/mol. The number of fused-ring (bicyclic) bond motifs is 4. The van der Waals surface area contributed by atoms with Crippen LogP contribution in [0.1, 0.15) is 69.5 Å². The number of nitrogens with one attached hydrogen (secondary N) is 6. The zero-order valence-corrected chi connectivity index (χ0v) is 65.7. The highest BCUT2D eigenvalue weighted by Crippen LogP contribution is 2.38. The van der Waals surface area contributed by atoms with Crippen LogP contribution < -0.4 is 52.5 Å². The minimum atomic E-state index is -5.08. The second-order valence-electron chi connectivity index (χ2n) is 23.8. The van der Waals surface area contributed by atoms with Crippen LogP contribution in [0.5, 0.6) is 23.0 Å². The van der Waals surface area contributed by atoms with Crippen LogP contribution in [-0.2, 0) is 38.3 Å². The topological polar surface area (TPSA) is 483 Å². The van der Waals surface area contributed by atoms with Crippen molar-refractivity contribution < 1.29 is 117 Å². The number of carbonyl (C=O) groups excluding carboxylic acids is 3. The van der Waals surface area contributed by atoms with Crippen LogP contribution in [-0.4, -0.2) is 128 Å². The highest BCUT2D eigenvalue weighted by Gasteiger charge is 2.40. The standard InChI is InChI=1S/C22H18N4O2S.C18H15ClN2O3S.C18H17N3O2S.C14H16N2O3S.3C2HF3O2/c23-21(24)18-13-15-16(9-6-10-17(15)29-18)28-20(14-7-2-1-3-8-14)22(27)26-19-11-4-5-12-25-19;1-23-18(22)16(10-2-5-12(19)6-3-10)24-13-7-4-11-8-15(17(20)21)25-14(11)9-13;1-11(18(22)21-12-6-3-2-4-7-12)23-14-8-5-9-15-13(14)10-16(24-15)17(19)20;1-2-3-10(14(17)18)19-9-5-4-8-6-12(13(15)16)20-11(8)7-9;3*3-2(4,5)1(6)7/h1-13,20H,(H3,23,24)(H,25,26,27);2-9,16H,1H3,(H3,20,21);2-11H,1H3,(H3,19,20)(H,21,22);4-7,10H,2-3H2,1H3,(H3,15,16)(H,17,18);3*(H,6,7). The molecule has 18 N–H and O–H groups in total. The number of amides is 2. The van der Waals surface area contributed by atoms with E-state index in [0.29, 0.717) is 65.3 Å². The molecule has 12 rings (SSSR count). The summed E-state index contributed by atoms with van der Waals surface area (Å²) in [4.78, 5) is 82.1. The van der Waals surface area contributed by atoms with Gasteiger partial charge in [-0.3, -0.25) is 31.2 Å². The van der Waals surface area contributed by atoms with Gasteiger partial charge in [0.2, 0.25) is 12.2 Å². The molecular weight excluding hydrogens is 1680 g/mol. The van der Waals surface area contributed by atoms with Crippen LogP contribution in [0, 0.1) is 21.6 Å². The first-order chi connectivity index (χ1) is 56.0. The third-order valence-electron chi connectivity index (χ3n) is 15.0. The number of hydrogen-bond donors (Lipinski definition) is 14. The summed E-state index contributed by atoms with van der Waals surface area (Å²) in [6.07, 6.45) is -15.7. The van der Waals surface area contributed by atoms with Gasteiger partial charge in [0.1, 0.15) is 52.2 Å². The fourth-order valence-electron chi connectivity index (χ4n) is 9.43. The van der Waals surface area contributed by atoms with E-state index in [4.69, 9.17) is 115 Å². The monoisotopic (exact) mass is 1750 g/mol. The lowest BCUT2D eigenvalue weighted by atomic mass is 10.1. The summed E-state index contributed by atoms with van der Waals surface area (Å²) in [6, 6.07) is 60.0. The Morgan fingerprint density at radius 2 is 0.882 bits per heavy atom. The van der Waals surface area contributed by atoms with E-state index in [1.165, 1.54) is 52.5 Å². The van der Waals surface area contributed by atoms with Gasteiger partial charge in [0, 0.05) is 57.6 Å². The number of carbonyl (C=O) groups is 7. The summed E-state index contributed by atoms with van der Waals surface area (Å²) >= 11 is 11.5. The summed E-state index contributed by atoms with van der Waals surface area (Å²) in [7, 11) is 1.32. The highest BCUT2D eigenvalue weighted by molar-refractivity contribution is 7.22. The van der Waals surface area contributed by atoms with E-state index < -0.39 is 72.8 Å². The Hall–Kier alpha value is -13.4. The number of aromatic nitrogens is 1. The van der Waals surface area contributed by atoms with E-state index in [-0.39, 0.29) is 35.2 Å². The van der Waals surface area contributed by atoms with Crippen molar-refractivity contribution in [1.82, 2.24) is 4.98 Å². The number of alkyl halides is 9. The summed E-state index contributed by atoms with van der Waals surface area (Å²) in [5.74, 6) is -7.53. The van der Waals surface area contributed by atoms with Crippen molar-refractivity contribution in [2.75, 3.05) is 17.7 Å². The number of aliphatic carboxylic acids is 4. The smallest absolute Gasteiger partial charge is 0.480 e. The first kappa shape index (κ1) is 94.4. The molecule has 0 fully saturated rings. The number of para-hydroxylation sites is 1. The minimum Gasteiger partial charge on any atom is -0.480 e. The van der Waals surface area contributed by atoms with Crippen molar-refractivity contribution in [3.05, 3.63) is 242 Å². The molecule has 0 aliphatic heterocycles. The number of hydrogen-bond acceptors (Lipinski definition) is 21. The summed E-state index contributed by atoms with van der Waals surface area (Å²) in [5.41, 5.74) is 24.3. The fourth-order valence-corrected chi connectivity index (χ4v) is 13.3. The molecule has 0 spiro atoms. The maximum atomic E-state index is 13.0. The Kier molecular flexibility index (Phi) is 34.5. The van der Waals surface area contributed by atoms with E-state index in [2.05, 4.69) is 15.6 Å². The molecule has 0 aliphatic carbocycles. The molecule has 4 atom stereocenters. The molecule has 5 heterocycles. The first-order valence-electron chi connectivity index (χ1n) is 33.7. The number of methoxy groups -OCH3 is 1. The van der Waals surface area contributed by atoms with Crippen LogP contribution in [0.15, 0.2) is 206 Å². The number of nitrogens with two attached hydrogens (primary N) is 4. The normalized spacial score (nSPS) is 11.8. The van der Waals surface area contributed by atoms with Gasteiger partial charge in [0.15, 0.2) is 12.2 Å². The van der Waals surface area contributed by atoms with Gasteiger partial charge < -0.3 is 77.7 Å². The van der Waals surface area contributed by atoms with Gasteiger partial charge >= 0.3 is 48.4 Å². The molecule has 5 aromatic heterocycles. The molecule has 2 amide bonds. The Morgan fingerprint density at radius 3 is 1.29 bits per heavy atom. The third kappa shape index (κ3) is 29.4.